The Morgan fingerprint density at radius 1 is 1.25 bits per heavy atom. The summed E-state index contributed by atoms with van der Waals surface area (Å²) in [5.41, 5.74) is 1.20. The molecule has 4 heteroatoms. The van der Waals surface area contributed by atoms with Gasteiger partial charge in [-0.3, -0.25) is 9.59 Å². The molecule has 0 bridgehead atoms. The zero-order valence-electron chi connectivity index (χ0n) is 12.1. The van der Waals surface area contributed by atoms with Crippen molar-refractivity contribution in [2.24, 2.45) is 5.92 Å². The molecular weight excluding hydrogens is 252 g/mol. The van der Waals surface area contributed by atoms with Crippen molar-refractivity contribution in [3.05, 3.63) is 35.4 Å². The zero-order chi connectivity index (χ0) is 15.0. The molecule has 0 aliphatic heterocycles. The van der Waals surface area contributed by atoms with Crippen molar-refractivity contribution >= 4 is 11.8 Å². The van der Waals surface area contributed by atoms with Gasteiger partial charge >= 0.3 is 0 Å². The van der Waals surface area contributed by atoms with Crippen molar-refractivity contribution in [2.75, 3.05) is 13.6 Å². The summed E-state index contributed by atoms with van der Waals surface area (Å²) < 4.78 is 0. The van der Waals surface area contributed by atoms with Crippen LogP contribution in [-0.2, 0) is 4.79 Å². The normalized spacial score (nSPS) is 9.60. The summed E-state index contributed by atoms with van der Waals surface area (Å²) in [5.74, 6) is 5.93. The van der Waals surface area contributed by atoms with Gasteiger partial charge in [0.1, 0.15) is 0 Å². The zero-order valence-corrected chi connectivity index (χ0v) is 12.1. The summed E-state index contributed by atoms with van der Waals surface area (Å²) in [6, 6.07) is 7.13. The summed E-state index contributed by atoms with van der Waals surface area (Å²) in [6.07, 6.45) is 0.497. The molecule has 0 saturated heterocycles. The molecule has 0 atom stereocenters. The van der Waals surface area contributed by atoms with Crippen LogP contribution in [0.2, 0.25) is 0 Å². The summed E-state index contributed by atoms with van der Waals surface area (Å²) in [4.78, 5) is 23.1. The van der Waals surface area contributed by atoms with Crippen molar-refractivity contribution in [1.29, 1.82) is 0 Å². The maximum absolute atomic E-state index is 11.6. The fourth-order valence-electron chi connectivity index (χ4n) is 1.65. The van der Waals surface area contributed by atoms with Crippen molar-refractivity contribution in [3.8, 4) is 11.8 Å². The minimum atomic E-state index is -0.168. The molecule has 0 fully saturated rings. The van der Waals surface area contributed by atoms with Crippen LogP contribution in [0.4, 0.5) is 0 Å². The van der Waals surface area contributed by atoms with E-state index in [1.54, 1.807) is 25.2 Å². The first-order valence-electron chi connectivity index (χ1n) is 6.61. The summed E-state index contributed by atoms with van der Waals surface area (Å²) >= 11 is 0. The molecule has 0 heterocycles. The molecule has 0 saturated carbocycles. The van der Waals surface area contributed by atoms with Crippen molar-refractivity contribution in [3.63, 3.8) is 0 Å². The number of carbonyl (C=O) groups excluding carboxylic acids is 2. The highest BCUT2D eigenvalue weighted by molar-refractivity contribution is 5.96. The van der Waals surface area contributed by atoms with Gasteiger partial charge in [-0.05, 0) is 18.1 Å². The van der Waals surface area contributed by atoms with Gasteiger partial charge < -0.3 is 10.6 Å². The third-order valence-corrected chi connectivity index (χ3v) is 2.59. The van der Waals surface area contributed by atoms with Crippen LogP contribution >= 0.6 is 0 Å². The lowest BCUT2D eigenvalue weighted by Gasteiger charge is -2.04. The number of benzene rings is 1. The predicted octanol–water partition coefficient (Wildman–Crippen LogP) is 1.56. The molecule has 4 nitrogen and oxygen atoms in total. The number of hydrogen-bond acceptors (Lipinski definition) is 2. The molecule has 1 aromatic carbocycles. The van der Waals surface area contributed by atoms with Crippen LogP contribution in [0, 0.1) is 17.8 Å². The van der Waals surface area contributed by atoms with Crippen LogP contribution in [0.1, 0.15) is 36.2 Å². The molecular formula is C16H20N2O2. The average Bonchev–Trinajstić information content (AvgIpc) is 2.42. The van der Waals surface area contributed by atoms with Crippen LogP contribution in [0.15, 0.2) is 24.3 Å². The third-order valence-electron chi connectivity index (χ3n) is 2.59. The minimum absolute atomic E-state index is 0.00566. The van der Waals surface area contributed by atoms with E-state index in [1.165, 1.54) is 0 Å². The van der Waals surface area contributed by atoms with E-state index in [1.807, 2.05) is 19.9 Å². The first-order valence-corrected chi connectivity index (χ1v) is 6.61. The molecule has 2 N–H and O–H groups in total. The van der Waals surface area contributed by atoms with Crippen molar-refractivity contribution in [1.82, 2.24) is 10.6 Å². The first-order chi connectivity index (χ1) is 9.54. The van der Waals surface area contributed by atoms with Gasteiger partial charge in [0.25, 0.3) is 5.91 Å². The Balaban J connectivity index is 2.64. The first kappa shape index (κ1) is 15.8. The molecule has 0 radical (unpaired) electrons. The van der Waals surface area contributed by atoms with Crippen LogP contribution in [0.3, 0.4) is 0 Å². The Bertz CT molecular complexity index is 539. The predicted molar refractivity (Wildman–Crippen MR) is 79.2 cm³/mol. The maximum atomic E-state index is 11.6. The van der Waals surface area contributed by atoms with Crippen LogP contribution in [0.5, 0.6) is 0 Å². The van der Waals surface area contributed by atoms with E-state index in [2.05, 4.69) is 22.5 Å². The molecule has 0 spiro atoms. The Morgan fingerprint density at radius 2 is 1.95 bits per heavy atom. The summed E-state index contributed by atoms with van der Waals surface area (Å²) in [5, 5.41) is 5.31. The van der Waals surface area contributed by atoms with E-state index in [0.717, 1.165) is 0 Å². The number of carbonyl (C=O) groups is 2. The number of rotatable bonds is 4. The molecule has 0 unspecified atom stereocenters. The molecule has 1 rings (SSSR count). The topological polar surface area (TPSA) is 58.2 Å². The second kappa shape index (κ2) is 8.00. The van der Waals surface area contributed by atoms with Gasteiger partial charge in [0.15, 0.2) is 0 Å². The standard InChI is InChI=1S/C16H20N2O2/c1-12(2)11-15(19)18-10-6-8-13-7-4-5-9-14(13)16(20)17-3/h4-5,7,9,12H,10-11H2,1-3H3,(H,17,20)(H,18,19). The van der Waals surface area contributed by atoms with Gasteiger partial charge in [0.05, 0.1) is 12.1 Å². The second-order valence-electron chi connectivity index (χ2n) is 4.80. The average molecular weight is 272 g/mol. The summed E-state index contributed by atoms with van der Waals surface area (Å²) in [7, 11) is 1.58. The van der Waals surface area contributed by atoms with Crippen molar-refractivity contribution < 1.29 is 9.59 Å². The molecule has 20 heavy (non-hydrogen) atoms. The highest BCUT2D eigenvalue weighted by Crippen LogP contribution is 2.06. The van der Waals surface area contributed by atoms with Crippen molar-refractivity contribution in [2.45, 2.75) is 20.3 Å². The monoisotopic (exact) mass is 272 g/mol. The van der Waals surface area contributed by atoms with E-state index < -0.39 is 0 Å². The second-order valence-corrected chi connectivity index (χ2v) is 4.80. The number of amides is 2. The van der Waals surface area contributed by atoms with E-state index in [9.17, 15) is 9.59 Å². The largest absolute Gasteiger partial charge is 0.355 e. The molecule has 2 amide bonds. The number of nitrogens with one attached hydrogen (secondary N) is 2. The van der Waals surface area contributed by atoms with E-state index in [4.69, 9.17) is 0 Å². The lowest BCUT2D eigenvalue weighted by atomic mass is 10.1. The Hall–Kier alpha value is -2.28. The van der Waals surface area contributed by atoms with Gasteiger partial charge in [0, 0.05) is 19.0 Å². The minimum Gasteiger partial charge on any atom is -0.355 e. The van der Waals surface area contributed by atoms with E-state index >= 15 is 0 Å². The molecule has 0 aliphatic carbocycles. The quantitative estimate of drug-likeness (QED) is 0.817. The SMILES string of the molecule is CNC(=O)c1ccccc1C#CCNC(=O)CC(C)C. The smallest absolute Gasteiger partial charge is 0.252 e. The summed E-state index contributed by atoms with van der Waals surface area (Å²) in [6.45, 7) is 4.27. The van der Waals surface area contributed by atoms with Gasteiger partial charge in [-0.15, -0.1) is 0 Å². The lowest BCUT2D eigenvalue weighted by molar-refractivity contribution is -0.121. The van der Waals surface area contributed by atoms with E-state index in [0.29, 0.717) is 23.5 Å². The van der Waals surface area contributed by atoms with Gasteiger partial charge in [-0.1, -0.05) is 37.8 Å². The molecule has 1 aromatic rings. The van der Waals surface area contributed by atoms with Crippen LogP contribution in [0.25, 0.3) is 0 Å². The Morgan fingerprint density at radius 3 is 2.60 bits per heavy atom. The lowest BCUT2D eigenvalue weighted by Crippen LogP contribution is -2.24. The molecule has 106 valence electrons. The fourth-order valence-corrected chi connectivity index (χ4v) is 1.65. The highest BCUT2D eigenvalue weighted by atomic mass is 16.2. The van der Waals surface area contributed by atoms with Gasteiger partial charge in [-0.25, -0.2) is 0 Å². The number of hydrogen-bond donors (Lipinski definition) is 2. The maximum Gasteiger partial charge on any atom is 0.252 e. The fraction of sp³-hybridized carbons (Fsp3) is 0.375. The molecule has 0 aliphatic rings. The Labute approximate surface area is 120 Å². The van der Waals surface area contributed by atoms with E-state index in [-0.39, 0.29) is 18.4 Å². The highest BCUT2D eigenvalue weighted by Gasteiger charge is 2.06. The van der Waals surface area contributed by atoms with Gasteiger partial charge in [0.2, 0.25) is 5.91 Å². The molecule has 0 aromatic heterocycles. The Kier molecular flexibility index (Phi) is 6.31. The van der Waals surface area contributed by atoms with Crippen LogP contribution < -0.4 is 10.6 Å². The van der Waals surface area contributed by atoms with Gasteiger partial charge in [-0.2, -0.15) is 0 Å². The third kappa shape index (κ3) is 5.15. The van der Waals surface area contributed by atoms with Crippen LogP contribution in [-0.4, -0.2) is 25.4 Å².